The van der Waals surface area contributed by atoms with Crippen LogP contribution in [0.4, 0.5) is 0 Å². The van der Waals surface area contributed by atoms with Gasteiger partial charge in [-0.3, -0.25) is 10.1 Å². The summed E-state index contributed by atoms with van der Waals surface area (Å²) in [5.74, 6) is 0.793. The molecule has 0 aliphatic carbocycles. The second kappa shape index (κ2) is 11.7. The zero-order valence-corrected chi connectivity index (χ0v) is 23.1. The van der Waals surface area contributed by atoms with Crippen LogP contribution in [0.2, 0.25) is 0 Å². The molecule has 0 spiro atoms. The predicted octanol–water partition coefficient (Wildman–Crippen LogP) is 4.78. The number of hydrogen-bond acceptors (Lipinski definition) is 9. The van der Waals surface area contributed by atoms with Crippen molar-refractivity contribution in [3.63, 3.8) is 0 Å². The average Bonchev–Trinajstić information content (AvgIpc) is 3.36. The van der Waals surface area contributed by atoms with Crippen molar-refractivity contribution in [1.29, 1.82) is 0 Å². The van der Waals surface area contributed by atoms with Crippen LogP contribution in [0.25, 0.3) is 0 Å². The van der Waals surface area contributed by atoms with Crippen molar-refractivity contribution in [3.05, 3.63) is 71.3 Å². The van der Waals surface area contributed by atoms with Gasteiger partial charge in [0.05, 0.1) is 21.3 Å². The van der Waals surface area contributed by atoms with E-state index in [1.807, 2.05) is 51.1 Å². The molecule has 208 valence electrons. The van der Waals surface area contributed by atoms with Crippen LogP contribution in [0.5, 0.6) is 34.5 Å². The molecule has 0 fully saturated rings. The highest BCUT2D eigenvalue weighted by atomic mass is 16.7. The predicted molar refractivity (Wildman–Crippen MR) is 145 cm³/mol. The van der Waals surface area contributed by atoms with Gasteiger partial charge in [0.1, 0.15) is 17.4 Å². The zero-order valence-electron chi connectivity index (χ0n) is 23.1. The molecule has 0 saturated carbocycles. The quantitative estimate of drug-likeness (QED) is 0.354. The first-order valence-electron chi connectivity index (χ1n) is 12.6. The van der Waals surface area contributed by atoms with E-state index in [0.717, 1.165) is 5.56 Å². The molecule has 3 aromatic rings. The number of carbonyl (C=O) groups is 1. The Hall–Kier alpha value is -4.11. The molecular weight excluding hydrogens is 502 g/mol. The average molecular weight is 538 g/mol. The number of fused-ring (bicyclic) bond motifs is 1. The Kier molecular flexibility index (Phi) is 8.40. The van der Waals surface area contributed by atoms with Crippen molar-refractivity contribution < 1.29 is 38.3 Å². The lowest BCUT2D eigenvalue weighted by Gasteiger charge is -2.31. The van der Waals surface area contributed by atoms with Gasteiger partial charge in [0.25, 0.3) is 0 Å². The van der Waals surface area contributed by atoms with Gasteiger partial charge in [-0.1, -0.05) is 30.3 Å². The molecule has 3 aromatic carbocycles. The number of phenols is 1. The highest BCUT2D eigenvalue weighted by Crippen LogP contribution is 2.47. The van der Waals surface area contributed by atoms with E-state index in [0.29, 0.717) is 46.4 Å². The van der Waals surface area contributed by atoms with Gasteiger partial charge in [-0.25, -0.2) is 0 Å². The number of carbonyl (C=O) groups excluding carboxylic acids is 1. The molecule has 1 heterocycles. The molecule has 0 saturated heterocycles. The number of hydrogen-bond donors (Lipinski definition) is 2. The van der Waals surface area contributed by atoms with Crippen LogP contribution in [0.3, 0.4) is 0 Å². The molecule has 4 rings (SSSR count). The minimum absolute atomic E-state index is 0.0365. The minimum Gasteiger partial charge on any atom is -0.508 e. The summed E-state index contributed by atoms with van der Waals surface area (Å²) in [7, 11) is 4.56. The number of esters is 1. The maximum Gasteiger partial charge on any atom is 0.324 e. The fourth-order valence-corrected chi connectivity index (χ4v) is 4.55. The molecule has 0 aromatic heterocycles. The van der Waals surface area contributed by atoms with Crippen LogP contribution in [0.15, 0.2) is 54.6 Å². The summed E-state index contributed by atoms with van der Waals surface area (Å²) in [6.45, 7) is 5.84. The van der Waals surface area contributed by atoms with Gasteiger partial charge in [-0.05, 0) is 50.1 Å². The summed E-state index contributed by atoms with van der Waals surface area (Å²) in [4.78, 5) is 13.8. The van der Waals surface area contributed by atoms with Crippen molar-refractivity contribution in [2.45, 2.75) is 44.9 Å². The number of aromatic hydroxyl groups is 1. The van der Waals surface area contributed by atoms with Crippen LogP contribution in [0.1, 0.15) is 43.4 Å². The summed E-state index contributed by atoms with van der Waals surface area (Å²) in [5, 5.41) is 14.6. The van der Waals surface area contributed by atoms with Gasteiger partial charge in [0.2, 0.25) is 12.5 Å². The van der Waals surface area contributed by atoms with Gasteiger partial charge < -0.3 is 33.5 Å². The summed E-state index contributed by atoms with van der Waals surface area (Å²) in [5.41, 5.74) is 1.28. The molecule has 0 amide bonds. The van der Waals surface area contributed by atoms with Crippen LogP contribution in [-0.4, -0.2) is 50.8 Å². The third-order valence-electron chi connectivity index (χ3n) is 6.27. The number of phenolic OH excluding ortho intramolecular Hbond substituents is 1. The zero-order chi connectivity index (χ0) is 28.2. The lowest BCUT2D eigenvalue weighted by Crippen LogP contribution is -2.45. The minimum atomic E-state index is -0.932. The Bertz CT molecular complexity index is 1280. The molecule has 2 unspecified atom stereocenters. The van der Waals surface area contributed by atoms with E-state index in [1.54, 1.807) is 18.2 Å². The first kappa shape index (κ1) is 27.9. The number of nitrogens with one attached hydrogen (secondary N) is 1. The summed E-state index contributed by atoms with van der Waals surface area (Å²) in [6, 6.07) is 15.5. The lowest BCUT2D eigenvalue weighted by atomic mass is 9.83. The highest BCUT2D eigenvalue weighted by Gasteiger charge is 2.38. The maximum absolute atomic E-state index is 13.8. The molecule has 9 nitrogen and oxygen atoms in total. The van der Waals surface area contributed by atoms with Crippen molar-refractivity contribution in [2.75, 3.05) is 28.1 Å². The summed E-state index contributed by atoms with van der Waals surface area (Å²) >= 11 is 0. The fraction of sp³-hybridized carbons (Fsp3) is 0.367. The highest BCUT2D eigenvalue weighted by molar-refractivity contribution is 5.79. The third-order valence-corrected chi connectivity index (χ3v) is 6.27. The van der Waals surface area contributed by atoms with E-state index in [2.05, 4.69) is 5.32 Å². The van der Waals surface area contributed by atoms with E-state index in [1.165, 1.54) is 27.4 Å². The first-order valence-corrected chi connectivity index (χ1v) is 12.6. The van der Waals surface area contributed by atoms with Crippen LogP contribution < -0.4 is 29.0 Å². The van der Waals surface area contributed by atoms with E-state index in [-0.39, 0.29) is 12.5 Å². The molecule has 0 bridgehead atoms. The van der Waals surface area contributed by atoms with Crippen LogP contribution >= 0.6 is 0 Å². The van der Waals surface area contributed by atoms with Gasteiger partial charge >= 0.3 is 5.97 Å². The van der Waals surface area contributed by atoms with E-state index >= 15 is 0 Å². The first-order chi connectivity index (χ1) is 18.6. The molecule has 2 N–H and O–H groups in total. The van der Waals surface area contributed by atoms with E-state index in [4.69, 9.17) is 28.4 Å². The third kappa shape index (κ3) is 6.31. The molecule has 1 aliphatic rings. The molecule has 9 heteroatoms. The molecule has 39 heavy (non-hydrogen) atoms. The maximum atomic E-state index is 13.8. The molecule has 2 atom stereocenters. The Morgan fingerprint density at radius 2 is 1.56 bits per heavy atom. The van der Waals surface area contributed by atoms with E-state index in [9.17, 15) is 9.90 Å². The smallest absolute Gasteiger partial charge is 0.324 e. The van der Waals surface area contributed by atoms with E-state index < -0.39 is 23.5 Å². The second-order valence-electron chi connectivity index (χ2n) is 10.1. The van der Waals surface area contributed by atoms with Crippen molar-refractivity contribution in [3.8, 4) is 34.5 Å². The van der Waals surface area contributed by atoms with Crippen molar-refractivity contribution >= 4 is 5.97 Å². The number of benzene rings is 3. The molecular formula is C30H35NO8. The largest absolute Gasteiger partial charge is 0.508 e. The monoisotopic (exact) mass is 537 g/mol. The standard InChI is InChI=1S/C30H35NO8/c1-30(2,3)39-29(33)27(31-16-18-10-8-7-9-11-18)26(20-14-22-23(15-21(20)32)38-17-37-22)19-12-24(34-4)28(36-6)25(13-19)35-5/h7-15,26-27,31-32H,16-17H2,1-6H3. The van der Waals surface area contributed by atoms with Gasteiger partial charge in [0.15, 0.2) is 23.0 Å². The van der Waals surface area contributed by atoms with Crippen molar-refractivity contribution in [2.24, 2.45) is 0 Å². The Morgan fingerprint density at radius 1 is 0.949 bits per heavy atom. The Labute approximate surface area is 228 Å². The van der Waals surface area contributed by atoms with Crippen LogP contribution in [-0.2, 0) is 16.1 Å². The van der Waals surface area contributed by atoms with Crippen LogP contribution in [0, 0.1) is 0 Å². The van der Waals surface area contributed by atoms with Crippen molar-refractivity contribution in [1.82, 2.24) is 5.32 Å². The molecule has 0 radical (unpaired) electrons. The Balaban J connectivity index is 1.91. The second-order valence-corrected chi connectivity index (χ2v) is 10.1. The number of methoxy groups -OCH3 is 3. The lowest BCUT2D eigenvalue weighted by molar-refractivity contribution is -0.158. The van der Waals surface area contributed by atoms with Gasteiger partial charge in [-0.2, -0.15) is 0 Å². The number of ether oxygens (including phenoxy) is 6. The summed E-state index contributed by atoms with van der Waals surface area (Å²) in [6.07, 6.45) is 0. The SMILES string of the molecule is COc1cc(C(c2cc3c(cc2O)OCO3)C(NCc2ccccc2)C(=O)OC(C)(C)C)cc(OC)c1OC. The number of rotatable bonds is 10. The van der Waals surface area contributed by atoms with Gasteiger partial charge in [0, 0.05) is 24.1 Å². The topological polar surface area (TPSA) is 105 Å². The molecule has 1 aliphatic heterocycles. The Morgan fingerprint density at radius 3 is 2.13 bits per heavy atom. The summed E-state index contributed by atoms with van der Waals surface area (Å²) < 4.78 is 33.7. The fourth-order valence-electron chi connectivity index (χ4n) is 4.55. The van der Waals surface area contributed by atoms with Gasteiger partial charge in [-0.15, -0.1) is 0 Å². The normalized spacial score (nSPS) is 13.9.